The Morgan fingerprint density at radius 3 is 2.52 bits per heavy atom. The molecular formula is C20H20N2O5. The molecule has 0 atom stereocenters. The molecule has 0 fully saturated rings. The Balaban J connectivity index is 1.43. The van der Waals surface area contributed by atoms with Crippen LogP contribution in [0, 0.1) is 0 Å². The first-order valence-corrected chi connectivity index (χ1v) is 8.80. The topological polar surface area (TPSA) is 68.3 Å². The van der Waals surface area contributed by atoms with Crippen LogP contribution in [0.3, 0.4) is 0 Å². The lowest BCUT2D eigenvalue weighted by Gasteiger charge is -2.25. The van der Waals surface area contributed by atoms with Gasteiger partial charge in [0.25, 0.3) is 5.78 Å². The van der Waals surface area contributed by atoms with E-state index in [1.165, 1.54) is 4.90 Å². The first kappa shape index (κ1) is 17.4. The predicted molar refractivity (Wildman–Crippen MR) is 98.7 cm³/mol. The van der Waals surface area contributed by atoms with E-state index in [1.807, 2.05) is 42.3 Å². The number of amides is 1. The molecule has 2 aromatic rings. The fraction of sp³-hybridized carbons (Fsp3) is 0.300. The van der Waals surface area contributed by atoms with E-state index in [-0.39, 0.29) is 6.67 Å². The van der Waals surface area contributed by atoms with Crippen LogP contribution in [0.25, 0.3) is 0 Å². The van der Waals surface area contributed by atoms with Crippen molar-refractivity contribution in [2.45, 2.75) is 0 Å². The quantitative estimate of drug-likeness (QED) is 0.726. The van der Waals surface area contributed by atoms with Gasteiger partial charge in [-0.05, 0) is 25.2 Å². The van der Waals surface area contributed by atoms with Gasteiger partial charge >= 0.3 is 5.91 Å². The number of rotatable bonds is 6. The Bertz CT molecular complexity index is 868. The summed E-state index contributed by atoms with van der Waals surface area (Å²) in [6.07, 6.45) is 0. The summed E-state index contributed by atoms with van der Waals surface area (Å²) in [5, 5.41) is 0. The molecule has 0 bridgehead atoms. The van der Waals surface area contributed by atoms with Gasteiger partial charge in [-0.1, -0.05) is 18.2 Å². The van der Waals surface area contributed by atoms with Gasteiger partial charge in [-0.2, -0.15) is 0 Å². The van der Waals surface area contributed by atoms with E-state index in [4.69, 9.17) is 14.2 Å². The van der Waals surface area contributed by atoms with Crippen LogP contribution in [-0.4, -0.2) is 56.7 Å². The number of benzene rings is 2. The highest BCUT2D eigenvalue weighted by atomic mass is 16.6. The van der Waals surface area contributed by atoms with E-state index in [0.29, 0.717) is 49.1 Å². The molecule has 0 aliphatic carbocycles. The summed E-state index contributed by atoms with van der Waals surface area (Å²) >= 11 is 0. The Hall–Kier alpha value is -3.06. The molecule has 2 aliphatic rings. The zero-order chi connectivity index (χ0) is 18.8. The summed E-state index contributed by atoms with van der Waals surface area (Å²) in [4.78, 5) is 28.2. The van der Waals surface area contributed by atoms with Crippen molar-refractivity contribution in [3.63, 3.8) is 0 Å². The molecule has 0 aromatic heterocycles. The smallest absolute Gasteiger partial charge is 0.300 e. The SMILES string of the molecule is CN(CCOc1ccccc1)CN1C(=O)C(=O)c2cc3c(cc21)OCCO3. The third kappa shape index (κ3) is 3.46. The number of ether oxygens (including phenoxy) is 3. The van der Waals surface area contributed by atoms with Gasteiger partial charge in [-0.15, -0.1) is 0 Å². The van der Waals surface area contributed by atoms with Gasteiger partial charge in [0.2, 0.25) is 0 Å². The Labute approximate surface area is 157 Å². The molecule has 2 aromatic carbocycles. The normalized spacial score (nSPS) is 15.3. The van der Waals surface area contributed by atoms with E-state index in [9.17, 15) is 9.59 Å². The highest BCUT2D eigenvalue weighted by molar-refractivity contribution is 6.52. The first-order chi connectivity index (χ1) is 13.1. The van der Waals surface area contributed by atoms with Crippen molar-refractivity contribution >= 4 is 17.4 Å². The molecule has 7 nitrogen and oxygen atoms in total. The number of anilines is 1. The van der Waals surface area contributed by atoms with E-state index in [0.717, 1.165) is 5.75 Å². The minimum Gasteiger partial charge on any atom is -0.492 e. The second-order valence-electron chi connectivity index (χ2n) is 6.46. The Morgan fingerprint density at radius 1 is 1.07 bits per heavy atom. The standard InChI is InChI=1S/C20H20N2O5/c1-21(7-8-25-14-5-3-2-4-6-14)13-22-16-12-18-17(26-9-10-27-18)11-15(16)19(23)20(22)24/h2-6,11-12H,7-10,13H2,1H3. The van der Waals surface area contributed by atoms with Gasteiger partial charge in [-0.3, -0.25) is 19.4 Å². The third-order valence-corrected chi connectivity index (χ3v) is 4.50. The zero-order valence-corrected chi connectivity index (χ0v) is 15.0. The van der Waals surface area contributed by atoms with Crippen molar-refractivity contribution in [2.75, 3.05) is 45.0 Å². The molecule has 0 unspecified atom stereocenters. The summed E-state index contributed by atoms with van der Waals surface area (Å²) in [7, 11) is 1.88. The molecule has 2 heterocycles. The number of ketones is 1. The van der Waals surface area contributed by atoms with Crippen molar-refractivity contribution in [2.24, 2.45) is 0 Å². The van der Waals surface area contributed by atoms with E-state index in [2.05, 4.69) is 0 Å². The summed E-state index contributed by atoms with van der Waals surface area (Å²) in [5.74, 6) is 0.807. The fourth-order valence-corrected chi connectivity index (χ4v) is 3.12. The zero-order valence-electron chi connectivity index (χ0n) is 15.0. The number of nitrogens with zero attached hydrogens (tertiary/aromatic N) is 2. The van der Waals surface area contributed by atoms with Gasteiger partial charge < -0.3 is 14.2 Å². The van der Waals surface area contributed by atoms with Crippen LogP contribution in [0.1, 0.15) is 10.4 Å². The number of carbonyl (C=O) groups excluding carboxylic acids is 2. The molecule has 4 rings (SSSR count). The minimum atomic E-state index is -0.539. The van der Waals surface area contributed by atoms with Crippen molar-refractivity contribution in [3.8, 4) is 17.2 Å². The maximum Gasteiger partial charge on any atom is 0.300 e. The lowest BCUT2D eigenvalue weighted by Crippen LogP contribution is -2.40. The number of para-hydroxylation sites is 1. The molecule has 0 saturated heterocycles. The molecule has 140 valence electrons. The van der Waals surface area contributed by atoms with E-state index < -0.39 is 11.7 Å². The number of Topliss-reactive ketones (excluding diaryl/α,β-unsaturated/α-hetero) is 1. The van der Waals surface area contributed by atoms with Crippen LogP contribution in [0.2, 0.25) is 0 Å². The number of carbonyl (C=O) groups is 2. The molecule has 7 heteroatoms. The Kier molecular flexibility index (Phi) is 4.68. The van der Waals surface area contributed by atoms with Crippen molar-refractivity contribution in [1.29, 1.82) is 0 Å². The summed E-state index contributed by atoms with van der Waals surface area (Å²) < 4.78 is 16.8. The molecular weight excluding hydrogens is 348 g/mol. The lowest BCUT2D eigenvalue weighted by atomic mass is 10.1. The number of hydrogen-bond acceptors (Lipinski definition) is 6. The first-order valence-electron chi connectivity index (χ1n) is 8.80. The molecule has 0 radical (unpaired) electrons. The van der Waals surface area contributed by atoms with Crippen molar-refractivity contribution < 1.29 is 23.8 Å². The fourth-order valence-electron chi connectivity index (χ4n) is 3.12. The van der Waals surface area contributed by atoms with Gasteiger partial charge in [-0.25, -0.2) is 0 Å². The van der Waals surface area contributed by atoms with Crippen LogP contribution < -0.4 is 19.1 Å². The summed E-state index contributed by atoms with van der Waals surface area (Å²) in [6, 6.07) is 12.9. The minimum absolute atomic E-state index is 0.287. The third-order valence-electron chi connectivity index (χ3n) is 4.50. The monoisotopic (exact) mass is 368 g/mol. The van der Waals surface area contributed by atoms with Crippen LogP contribution in [0.4, 0.5) is 5.69 Å². The highest BCUT2D eigenvalue weighted by Gasteiger charge is 2.38. The second-order valence-corrected chi connectivity index (χ2v) is 6.46. The lowest BCUT2D eigenvalue weighted by molar-refractivity contribution is -0.114. The average Bonchev–Trinajstić information content (AvgIpc) is 2.91. The molecule has 0 N–H and O–H groups in total. The van der Waals surface area contributed by atoms with Crippen LogP contribution in [0.15, 0.2) is 42.5 Å². The summed E-state index contributed by atoms with van der Waals surface area (Å²) in [6.45, 7) is 2.25. The summed E-state index contributed by atoms with van der Waals surface area (Å²) in [5.41, 5.74) is 0.920. The van der Waals surface area contributed by atoms with Crippen LogP contribution in [0.5, 0.6) is 17.2 Å². The Morgan fingerprint density at radius 2 is 1.78 bits per heavy atom. The maximum absolute atomic E-state index is 12.4. The van der Waals surface area contributed by atoms with Gasteiger partial charge in [0.05, 0.1) is 17.9 Å². The van der Waals surface area contributed by atoms with Gasteiger partial charge in [0.1, 0.15) is 25.6 Å². The molecule has 27 heavy (non-hydrogen) atoms. The number of hydrogen-bond donors (Lipinski definition) is 0. The maximum atomic E-state index is 12.4. The van der Waals surface area contributed by atoms with E-state index >= 15 is 0 Å². The predicted octanol–water partition coefficient (Wildman–Crippen LogP) is 1.96. The van der Waals surface area contributed by atoms with Crippen molar-refractivity contribution in [1.82, 2.24) is 4.90 Å². The molecule has 2 aliphatic heterocycles. The number of likely N-dealkylation sites (N-methyl/N-ethyl adjacent to an activating group) is 1. The van der Waals surface area contributed by atoms with E-state index in [1.54, 1.807) is 12.1 Å². The average molecular weight is 368 g/mol. The van der Waals surface area contributed by atoms with Crippen LogP contribution >= 0.6 is 0 Å². The second kappa shape index (κ2) is 7.28. The largest absolute Gasteiger partial charge is 0.492 e. The van der Waals surface area contributed by atoms with Crippen molar-refractivity contribution in [3.05, 3.63) is 48.0 Å². The van der Waals surface area contributed by atoms with Gasteiger partial charge in [0, 0.05) is 12.6 Å². The number of fused-ring (bicyclic) bond motifs is 2. The highest BCUT2D eigenvalue weighted by Crippen LogP contribution is 2.40. The van der Waals surface area contributed by atoms with Crippen LogP contribution in [-0.2, 0) is 4.79 Å². The van der Waals surface area contributed by atoms with Gasteiger partial charge in [0.15, 0.2) is 11.5 Å². The molecule has 1 amide bonds. The molecule has 0 saturated carbocycles. The molecule has 0 spiro atoms.